The molecule has 0 saturated carbocycles. The van der Waals surface area contributed by atoms with E-state index in [9.17, 15) is 9.18 Å². The smallest absolute Gasteiger partial charge is 0.248 e. The fourth-order valence-corrected chi connectivity index (χ4v) is 1.91. The molecule has 0 fully saturated rings. The van der Waals surface area contributed by atoms with Crippen LogP contribution in [0.3, 0.4) is 0 Å². The molecule has 2 aromatic rings. The number of halogens is 2. The Morgan fingerprint density at radius 3 is 2.47 bits per heavy atom. The highest BCUT2D eigenvalue weighted by Crippen LogP contribution is 2.17. The number of benzene rings is 2. The fourth-order valence-electron chi connectivity index (χ4n) is 1.49. The maximum absolute atomic E-state index is 12.7. The van der Waals surface area contributed by atoms with Crippen molar-refractivity contribution in [3.8, 4) is 0 Å². The molecule has 0 spiro atoms. The highest BCUT2D eigenvalue weighted by molar-refractivity contribution is 9.10. The highest BCUT2D eigenvalue weighted by atomic mass is 79.9. The van der Waals surface area contributed by atoms with Crippen molar-refractivity contribution in [2.24, 2.45) is 0 Å². The van der Waals surface area contributed by atoms with Gasteiger partial charge in [0, 0.05) is 16.2 Å². The van der Waals surface area contributed by atoms with Crippen molar-refractivity contribution in [1.29, 1.82) is 0 Å². The van der Waals surface area contributed by atoms with E-state index in [0.29, 0.717) is 5.69 Å². The van der Waals surface area contributed by atoms with Crippen LogP contribution >= 0.6 is 15.9 Å². The number of amides is 1. The molecule has 2 rings (SSSR count). The lowest BCUT2D eigenvalue weighted by atomic mass is 10.2. The Bertz CT molecular complexity index is 608. The van der Waals surface area contributed by atoms with Gasteiger partial charge in [0.05, 0.1) is 0 Å². The first kappa shape index (κ1) is 13.5. The van der Waals surface area contributed by atoms with E-state index in [1.807, 2.05) is 24.3 Å². The van der Waals surface area contributed by atoms with E-state index >= 15 is 0 Å². The summed E-state index contributed by atoms with van der Waals surface area (Å²) >= 11 is 3.40. The second-order valence-electron chi connectivity index (χ2n) is 3.85. The summed E-state index contributed by atoms with van der Waals surface area (Å²) in [5, 5.41) is 2.65. The molecule has 0 unspecified atom stereocenters. The van der Waals surface area contributed by atoms with Gasteiger partial charge in [0.2, 0.25) is 5.91 Å². The van der Waals surface area contributed by atoms with Crippen molar-refractivity contribution in [1.82, 2.24) is 0 Å². The number of hydrogen-bond acceptors (Lipinski definition) is 1. The maximum Gasteiger partial charge on any atom is 0.248 e. The minimum atomic E-state index is -0.332. The molecule has 19 heavy (non-hydrogen) atoms. The molecule has 0 aliphatic rings. The maximum atomic E-state index is 12.7. The third kappa shape index (κ3) is 4.03. The molecule has 2 aromatic carbocycles. The first-order valence-electron chi connectivity index (χ1n) is 5.64. The molecule has 4 heteroatoms. The van der Waals surface area contributed by atoms with Crippen LogP contribution in [0.2, 0.25) is 0 Å². The summed E-state index contributed by atoms with van der Waals surface area (Å²) in [5.41, 5.74) is 1.47. The van der Waals surface area contributed by atoms with Crippen molar-refractivity contribution in [2.75, 3.05) is 5.32 Å². The average Bonchev–Trinajstić information content (AvgIpc) is 2.40. The predicted octanol–water partition coefficient (Wildman–Crippen LogP) is 4.24. The Hall–Kier alpha value is -1.94. The minimum absolute atomic E-state index is 0.262. The number of anilines is 1. The second kappa shape index (κ2) is 6.29. The summed E-state index contributed by atoms with van der Waals surface area (Å²) in [4.78, 5) is 11.7. The molecule has 0 bridgehead atoms. The highest BCUT2D eigenvalue weighted by Gasteiger charge is 1.99. The molecule has 0 aliphatic heterocycles. The summed E-state index contributed by atoms with van der Waals surface area (Å²) in [6.45, 7) is 0. The standard InChI is InChI=1S/C15H11BrFNO/c16-14-4-2-1-3-11(14)5-10-15(19)18-13-8-6-12(17)7-9-13/h1-10H,(H,18,19)/b10-5+. The van der Waals surface area contributed by atoms with Crippen LogP contribution < -0.4 is 5.32 Å². The Kier molecular flexibility index (Phi) is 4.47. The van der Waals surface area contributed by atoms with E-state index in [2.05, 4.69) is 21.2 Å². The monoisotopic (exact) mass is 319 g/mol. The van der Waals surface area contributed by atoms with Gasteiger partial charge in [-0.25, -0.2) is 4.39 Å². The van der Waals surface area contributed by atoms with Crippen molar-refractivity contribution in [3.63, 3.8) is 0 Å². The third-order valence-electron chi connectivity index (χ3n) is 2.43. The molecule has 96 valence electrons. The number of nitrogens with one attached hydrogen (secondary N) is 1. The lowest BCUT2D eigenvalue weighted by molar-refractivity contribution is -0.111. The van der Waals surface area contributed by atoms with Crippen LogP contribution in [0.15, 0.2) is 59.1 Å². The van der Waals surface area contributed by atoms with Gasteiger partial charge in [0.25, 0.3) is 0 Å². The van der Waals surface area contributed by atoms with Gasteiger partial charge in [-0.1, -0.05) is 34.1 Å². The number of hydrogen-bond donors (Lipinski definition) is 1. The quantitative estimate of drug-likeness (QED) is 0.842. The van der Waals surface area contributed by atoms with Crippen LogP contribution in [-0.4, -0.2) is 5.91 Å². The molecule has 0 aliphatic carbocycles. The molecular weight excluding hydrogens is 309 g/mol. The summed E-state index contributed by atoms with van der Waals surface area (Å²) in [6, 6.07) is 13.2. The zero-order valence-electron chi connectivity index (χ0n) is 9.94. The van der Waals surface area contributed by atoms with Gasteiger partial charge in [-0.2, -0.15) is 0 Å². The van der Waals surface area contributed by atoms with Crippen molar-refractivity contribution in [2.45, 2.75) is 0 Å². The van der Waals surface area contributed by atoms with Gasteiger partial charge in [-0.15, -0.1) is 0 Å². The largest absolute Gasteiger partial charge is 0.323 e. The van der Waals surface area contributed by atoms with Crippen LogP contribution in [0.5, 0.6) is 0 Å². The normalized spacial score (nSPS) is 10.6. The van der Waals surface area contributed by atoms with Gasteiger partial charge in [-0.3, -0.25) is 4.79 Å². The lowest BCUT2D eigenvalue weighted by Gasteiger charge is -2.01. The lowest BCUT2D eigenvalue weighted by Crippen LogP contribution is -2.07. The van der Waals surface area contributed by atoms with E-state index in [0.717, 1.165) is 10.0 Å². The van der Waals surface area contributed by atoms with E-state index in [1.165, 1.54) is 30.3 Å². The fraction of sp³-hybridized carbons (Fsp3) is 0. The zero-order valence-corrected chi connectivity index (χ0v) is 11.5. The zero-order chi connectivity index (χ0) is 13.7. The van der Waals surface area contributed by atoms with E-state index in [4.69, 9.17) is 0 Å². The van der Waals surface area contributed by atoms with Gasteiger partial charge < -0.3 is 5.32 Å². The average molecular weight is 320 g/mol. The van der Waals surface area contributed by atoms with Crippen LogP contribution in [-0.2, 0) is 4.79 Å². The molecule has 2 nitrogen and oxygen atoms in total. The molecule has 1 amide bonds. The molecule has 0 radical (unpaired) electrons. The summed E-state index contributed by atoms with van der Waals surface area (Å²) < 4.78 is 13.6. The first-order chi connectivity index (χ1) is 9.15. The Labute approximate surface area is 119 Å². The Morgan fingerprint density at radius 1 is 1.11 bits per heavy atom. The van der Waals surface area contributed by atoms with Gasteiger partial charge >= 0.3 is 0 Å². The number of carbonyl (C=O) groups excluding carboxylic acids is 1. The van der Waals surface area contributed by atoms with E-state index < -0.39 is 0 Å². The van der Waals surface area contributed by atoms with Crippen LogP contribution in [0, 0.1) is 5.82 Å². The summed E-state index contributed by atoms with van der Waals surface area (Å²) in [7, 11) is 0. The van der Waals surface area contributed by atoms with Gasteiger partial charge in [0.1, 0.15) is 5.82 Å². The SMILES string of the molecule is O=C(/C=C/c1ccccc1Br)Nc1ccc(F)cc1. The molecular formula is C15H11BrFNO. The summed E-state index contributed by atoms with van der Waals surface area (Å²) in [5.74, 6) is -0.593. The van der Waals surface area contributed by atoms with Crippen LogP contribution in [0.4, 0.5) is 10.1 Å². The van der Waals surface area contributed by atoms with Gasteiger partial charge in [0.15, 0.2) is 0 Å². The summed E-state index contributed by atoms with van der Waals surface area (Å²) in [6.07, 6.45) is 3.15. The molecule has 1 N–H and O–H groups in total. The predicted molar refractivity (Wildman–Crippen MR) is 78.2 cm³/mol. The molecule has 0 atom stereocenters. The van der Waals surface area contributed by atoms with E-state index in [1.54, 1.807) is 6.08 Å². The molecule has 0 saturated heterocycles. The third-order valence-corrected chi connectivity index (χ3v) is 3.15. The first-order valence-corrected chi connectivity index (χ1v) is 6.43. The Morgan fingerprint density at radius 2 is 1.79 bits per heavy atom. The number of rotatable bonds is 3. The molecule has 0 aromatic heterocycles. The van der Waals surface area contributed by atoms with Gasteiger partial charge in [-0.05, 0) is 42.0 Å². The van der Waals surface area contributed by atoms with Crippen LogP contribution in [0.1, 0.15) is 5.56 Å². The van der Waals surface area contributed by atoms with Crippen molar-refractivity contribution in [3.05, 3.63) is 70.5 Å². The molecule has 0 heterocycles. The van der Waals surface area contributed by atoms with Crippen molar-refractivity contribution < 1.29 is 9.18 Å². The van der Waals surface area contributed by atoms with Crippen LogP contribution in [0.25, 0.3) is 6.08 Å². The van der Waals surface area contributed by atoms with E-state index in [-0.39, 0.29) is 11.7 Å². The topological polar surface area (TPSA) is 29.1 Å². The Balaban J connectivity index is 2.02. The minimum Gasteiger partial charge on any atom is -0.323 e. The number of carbonyl (C=O) groups is 1. The second-order valence-corrected chi connectivity index (χ2v) is 4.71. The van der Waals surface area contributed by atoms with Crippen molar-refractivity contribution >= 4 is 33.6 Å².